The number of aliphatic hydroxyl groups is 1. The third-order valence-corrected chi connectivity index (χ3v) is 13.6. The van der Waals surface area contributed by atoms with E-state index in [1.165, 1.54) is 23.9 Å². The number of ether oxygens (including phenoxy) is 1. The minimum absolute atomic E-state index is 0. The van der Waals surface area contributed by atoms with E-state index in [9.17, 15) is 35.8 Å². The molecule has 0 fully saturated rings. The molecule has 0 saturated carbocycles. The average Bonchev–Trinajstić information content (AvgIpc) is 3.37. The van der Waals surface area contributed by atoms with Gasteiger partial charge in [-0.3, -0.25) is 0 Å². The molecular formula is C60H56F7KO3S2. The zero-order valence-corrected chi connectivity index (χ0v) is 46.2. The number of hydrogen-bond donors (Lipinski definition) is 1. The van der Waals surface area contributed by atoms with Crippen LogP contribution in [0.4, 0.5) is 30.7 Å². The van der Waals surface area contributed by atoms with E-state index >= 15 is 0 Å². The molecule has 0 saturated heterocycles. The summed E-state index contributed by atoms with van der Waals surface area (Å²) in [5.41, 5.74) is 2.74. The van der Waals surface area contributed by atoms with Crippen molar-refractivity contribution < 1.29 is 97.1 Å². The topological polar surface area (TPSA) is 52.5 Å². The zero-order chi connectivity index (χ0) is 52.4. The van der Waals surface area contributed by atoms with Gasteiger partial charge in [0, 0.05) is 16.4 Å². The van der Waals surface area contributed by atoms with Crippen molar-refractivity contribution in [3.8, 4) is 5.75 Å². The fourth-order valence-corrected chi connectivity index (χ4v) is 10.6. The first kappa shape index (κ1) is 60.9. The molecule has 8 aromatic rings. The summed E-state index contributed by atoms with van der Waals surface area (Å²) in [7, 11) is 0. The summed E-state index contributed by atoms with van der Waals surface area (Å²) < 4.78 is 101. The summed E-state index contributed by atoms with van der Waals surface area (Å²) >= 11 is 2.27. The second-order valence-electron chi connectivity index (χ2n) is 16.9. The van der Waals surface area contributed by atoms with Crippen LogP contribution in [-0.2, 0) is 21.8 Å². The van der Waals surface area contributed by atoms with Crippen molar-refractivity contribution in [2.24, 2.45) is 0 Å². The van der Waals surface area contributed by atoms with E-state index in [0.717, 1.165) is 57.3 Å². The third-order valence-electron chi connectivity index (χ3n) is 10.4. The van der Waals surface area contributed by atoms with Gasteiger partial charge in [-0.1, -0.05) is 203 Å². The Balaban J connectivity index is 0.000000273. The maximum Gasteiger partial charge on any atom is 1.00 e. The van der Waals surface area contributed by atoms with Crippen LogP contribution in [0, 0.1) is 5.82 Å². The van der Waals surface area contributed by atoms with Crippen LogP contribution in [0.15, 0.2) is 228 Å². The molecule has 0 unspecified atom stereocenters. The van der Waals surface area contributed by atoms with E-state index in [0.29, 0.717) is 12.7 Å². The zero-order valence-electron chi connectivity index (χ0n) is 41.4. The Morgan fingerprint density at radius 2 is 0.685 bits per heavy atom. The number of hydrogen-bond acceptors (Lipinski definition) is 5. The third kappa shape index (κ3) is 16.9. The van der Waals surface area contributed by atoms with Crippen LogP contribution < -0.4 is 61.2 Å². The van der Waals surface area contributed by atoms with Crippen LogP contribution in [0.25, 0.3) is 0 Å². The monoisotopic (exact) mass is 1060 g/mol. The normalized spacial score (nSPS) is 11.5. The van der Waals surface area contributed by atoms with E-state index in [-0.39, 0.29) is 73.5 Å². The van der Waals surface area contributed by atoms with Crippen molar-refractivity contribution in [3.63, 3.8) is 0 Å². The average molecular weight is 1060 g/mol. The van der Waals surface area contributed by atoms with Gasteiger partial charge in [0.05, 0.1) is 27.2 Å². The maximum absolute atomic E-state index is 14.2. The molecule has 8 aromatic carbocycles. The Morgan fingerprint density at radius 1 is 0.438 bits per heavy atom. The van der Waals surface area contributed by atoms with Crippen LogP contribution in [-0.4, -0.2) is 23.9 Å². The van der Waals surface area contributed by atoms with Crippen molar-refractivity contribution in [1.29, 1.82) is 0 Å². The maximum atomic E-state index is 14.2. The Labute approximate surface area is 475 Å². The first-order chi connectivity index (χ1) is 34.3. The van der Waals surface area contributed by atoms with E-state index in [4.69, 9.17) is 9.84 Å². The molecule has 0 bridgehead atoms. The van der Waals surface area contributed by atoms with E-state index < -0.39 is 44.4 Å². The van der Waals surface area contributed by atoms with Gasteiger partial charge in [0.15, 0.2) is 0 Å². The van der Waals surface area contributed by atoms with Crippen LogP contribution in [0.1, 0.15) is 79.1 Å². The fourth-order valence-electron chi connectivity index (χ4n) is 7.61. The van der Waals surface area contributed by atoms with Gasteiger partial charge in [0.1, 0.15) is 11.6 Å². The van der Waals surface area contributed by atoms with Crippen LogP contribution >= 0.6 is 23.5 Å². The van der Waals surface area contributed by atoms with Crippen LogP contribution in [0.3, 0.4) is 0 Å². The van der Waals surface area contributed by atoms with E-state index in [1.807, 2.05) is 182 Å². The summed E-state index contributed by atoms with van der Waals surface area (Å²) in [4.78, 5) is 0.105. The smallest absolute Gasteiger partial charge is 0.850 e. The molecule has 73 heavy (non-hydrogen) atoms. The van der Waals surface area contributed by atoms with Crippen molar-refractivity contribution in [2.45, 2.75) is 71.9 Å². The Hall–Kier alpha value is -4.67. The number of thioether (sulfide) groups is 2. The molecule has 0 spiro atoms. The molecule has 0 aliphatic carbocycles. The van der Waals surface area contributed by atoms with Crippen molar-refractivity contribution >= 4 is 23.5 Å². The minimum atomic E-state index is -4.68. The number of benzene rings is 8. The fraction of sp³-hybridized carbons (Fsp3) is 0.200. The summed E-state index contributed by atoms with van der Waals surface area (Å²) in [5.74, 6) is -0.708. The molecule has 8 rings (SSSR count). The summed E-state index contributed by atoms with van der Waals surface area (Å²) in [6, 6.07) is 64.3. The molecular weight excluding hydrogens is 1000 g/mol. The quantitative estimate of drug-likeness (QED) is 0.0572. The first-order valence-electron chi connectivity index (χ1n) is 23.0. The number of alkyl halides is 6. The molecule has 376 valence electrons. The van der Waals surface area contributed by atoms with Crippen molar-refractivity contribution in [1.82, 2.24) is 0 Å². The minimum Gasteiger partial charge on any atom is -0.850 e. The van der Waals surface area contributed by atoms with Gasteiger partial charge in [-0.25, -0.2) is 4.39 Å². The molecule has 0 aromatic heterocycles. The van der Waals surface area contributed by atoms with E-state index in [1.54, 1.807) is 40.7 Å². The van der Waals surface area contributed by atoms with Gasteiger partial charge in [0.2, 0.25) is 0 Å². The van der Waals surface area contributed by atoms with Gasteiger partial charge in [0.25, 0.3) is 0 Å². The van der Waals surface area contributed by atoms with Crippen molar-refractivity contribution in [3.05, 3.63) is 269 Å². The molecule has 0 aliphatic heterocycles. The van der Waals surface area contributed by atoms with Gasteiger partial charge < -0.3 is 14.9 Å². The van der Waals surface area contributed by atoms with Crippen molar-refractivity contribution in [2.75, 3.05) is 13.2 Å². The molecule has 0 radical (unpaired) electrons. The van der Waals surface area contributed by atoms with Gasteiger partial charge in [-0.05, 0) is 83.6 Å². The summed E-state index contributed by atoms with van der Waals surface area (Å²) in [6.45, 7) is 8.87. The van der Waals surface area contributed by atoms with Crippen LogP contribution in [0.5, 0.6) is 5.75 Å². The second kappa shape index (κ2) is 28.3. The largest absolute Gasteiger partial charge is 1.00 e. The number of halogens is 7. The molecule has 0 heterocycles. The van der Waals surface area contributed by atoms with Gasteiger partial charge in [-0.15, -0.1) is 29.1 Å². The predicted molar refractivity (Wildman–Crippen MR) is 277 cm³/mol. The molecule has 0 aliphatic rings. The Morgan fingerprint density at radius 3 is 0.932 bits per heavy atom. The SMILES string of the molecule is CC(C)(C)[O-].CCO.CCOc1ccc(SC(c2ccccc2)(c2ccccc2)c2ccccc2)c(C(F)(F)F)c1.Fc1ccc(SC(c2ccccc2)(c2ccccc2)c2ccccc2)c(C(F)(F)F)c1.[K+]. The molecule has 0 atom stereocenters. The predicted octanol–water partition coefficient (Wildman–Crippen LogP) is 13.3. The number of aliphatic hydroxyl groups excluding tert-OH is 1. The Bertz CT molecular complexity index is 2630. The Kier molecular flexibility index (Phi) is 23.6. The van der Waals surface area contributed by atoms with Crippen LogP contribution in [0.2, 0.25) is 0 Å². The summed E-state index contributed by atoms with van der Waals surface area (Å²) in [5, 5.41) is 17.7. The summed E-state index contributed by atoms with van der Waals surface area (Å²) in [6.07, 6.45) is -9.20. The van der Waals surface area contributed by atoms with Gasteiger partial charge in [-0.2, -0.15) is 26.3 Å². The first-order valence-corrected chi connectivity index (χ1v) is 24.6. The second-order valence-corrected chi connectivity index (χ2v) is 19.4. The van der Waals surface area contributed by atoms with Gasteiger partial charge >= 0.3 is 63.7 Å². The molecule has 3 nitrogen and oxygen atoms in total. The molecule has 13 heteroatoms. The number of rotatable bonds is 12. The standard InChI is InChI=1S/C28H23F3OS.C26H18F4S.C4H9O.C2H6O.K/c1-2-32-24-18-19-26(25(20-24)28(29,30)31)33-27(21-12-6-3-7-13-21,22-14-8-4-9-15-22)23-16-10-5-11-17-23;27-22-16-17-24(23(18-22)26(28,29)30)31-25(19-10-4-1-5-11-19,20-12-6-2-7-13-20)21-14-8-3-9-15-21;1-4(2,3)5;1-2-3;/h3-20H,2H2,1H3;1-18H;1-3H3;3H,2H2,1H3;/q;;-1;;+1. The van der Waals surface area contributed by atoms with E-state index in [2.05, 4.69) is 0 Å². The molecule has 1 N–H and O–H groups in total. The molecule has 0 amide bonds.